The quantitative estimate of drug-likeness (QED) is 0.645. The van der Waals surface area contributed by atoms with Crippen molar-refractivity contribution in [3.05, 3.63) is 23.8 Å². The van der Waals surface area contributed by atoms with Crippen molar-refractivity contribution in [2.45, 2.75) is 44.3 Å². The van der Waals surface area contributed by atoms with Crippen molar-refractivity contribution in [3.8, 4) is 5.75 Å². The normalized spacial score (nSPS) is 19.3. The van der Waals surface area contributed by atoms with Crippen LogP contribution in [-0.4, -0.2) is 23.9 Å². The first kappa shape index (κ1) is 19.3. The molecule has 1 aliphatic heterocycles. The molecular formula is C14H17ClF4N2O2. The van der Waals surface area contributed by atoms with Gasteiger partial charge in [-0.1, -0.05) is 0 Å². The molecule has 1 aromatic rings. The number of carbonyl (C=O) groups excluding carboxylic acids is 1. The lowest BCUT2D eigenvalue weighted by atomic mass is 9.89. The highest BCUT2D eigenvalue weighted by Gasteiger charge is 2.50. The van der Waals surface area contributed by atoms with Crippen molar-refractivity contribution in [3.63, 3.8) is 0 Å². The largest absolute Gasteiger partial charge is 0.487 e. The lowest BCUT2D eigenvalue weighted by Crippen LogP contribution is -2.49. The van der Waals surface area contributed by atoms with Crippen molar-refractivity contribution in [1.82, 2.24) is 5.32 Å². The Morgan fingerprint density at radius 1 is 1.43 bits per heavy atom. The molecule has 2 rings (SSSR count). The molecule has 9 heteroatoms. The molecule has 0 saturated carbocycles. The fourth-order valence-electron chi connectivity index (χ4n) is 2.36. The predicted octanol–water partition coefficient (Wildman–Crippen LogP) is 3.31. The lowest BCUT2D eigenvalue weighted by Gasteiger charge is -2.38. The third kappa shape index (κ3) is 3.99. The topological polar surface area (TPSA) is 64.4 Å². The summed E-state index contributed by atoms with van der Waals surface area (Å²) in [5.41, 5.74) is 5.63. The standard InChI is InChI=1S/C14H16F4N2O2.ClH/c1-13(2)6-9(20-12(21)14(17,18)11(15)16)8-5-7(19)3-4-10(8)22-13;/h3-5,9,11H,6,19H2,1-2H3,(H,20,21);1H. The second kappa shape index (κ2) is 6.43. The van der Waals surface area contributed by atoms with E-state index in [1.165, 1.54) is 6.07 Å². The van der Waals surface area contributed by atoms with Crippen molar-refractivity contribution in [1.29, 1.82) is 0 Å². The SMILES string of the molecule is CC1(C)CC(NC(=O)C(F)(F)C(F)F)c2cc(N)ccc2O1.Cl. The number of rotatable bonds is 3. The van der Waals surface area contributed by atoms with E-state index in [1.54, 1.807) is 26.0 Å². The molecule has 0 radical (unpaired) electrons. The Kier molecular flexibility index (Phi) is 5.41. The van der Waals surface area contributed by atoms with Gasteiger partial charge in [-0.25, -0.2) is 8.78 Å². The van der Waals surface area contributed by atoms with Crippen LogP contribution in [-0.2, 0) is 4.79 Å². The zero-order valence-electron chi connectivity index (χ0n) is 12.4. The molecule has 3 N–H and O–H groups in total. The molecular weight excluding hydrogens is 340 g/mol. The zero-order valence-corrected chi connectivity index (χ0v) is 13.2. The number of benzene rings is 1. The number of anilines is 1. The van der Waals surface area contributed by atoms with Crippen LogP contribution >= 0.6 is 12.4 Å². The molecule has 130 valence electrons. The molecule has 4 nitrogen and oxygen atoms in total. The van der Waals surface area contributed by atoms with E-state index in [2.05, 4.69) is 0 Å². The average Bonchev–Trinajstić information content (AvgIpc) is 2.38. The summed E-state index contributed by atoms with van der Waals surface area (Å²) < 4.78 is 56.5. The maximum Gasteiger partial charge on any atom is 0.383 e. The molecule has 1 atom stereocenters. The highest BCUT2D eigenvalue weighted by Crippen LogP contribution is 2.40. The van der Waals surface area contributed by atoms with E-state index in [1.807, 2.05) is 5.32 Å². The summed E-state index contributed by atoms with van der Waals surface area (Å²) in [6.45, 7) is 3.41. The first-order valence-corrected chi connectivity index (χ1v) is 6.58. The van der Waals surface area contributed by atoms with E-state index in [-0.39, 0.29) is 18.8 Å². The fourth-order valence-corrected chi connectivity index (χ4v) is 2.36. The van der Waals surface area contributed by atoms with Crippen LogP contribution in [0.5, 0.6) is 5.75 Å². The number of nitrogens with two attached hydrogens (primary N) is 1. The molecule has 0 saturated heterocycles. The molecule has 1 amide bonds. The number of amides is 1. The summed E-state index contributed by atoms with van der Waals surface area (Å²) in [5.74, 6) is -6.39. The van der Waals surface area contributed by atoms with E-state index in [0.29, 0.717) is 17.0 Å². The van der Waals surface area contributed by atoms with E-state index in [9.17, 15) is 22.4 Å². The Hall–Kier alpha value is -1.70. The minimum Gasteiger partial charge on any atom is -0.487 e. The molecule has 1 unspecified atom stereocenters. The summed E-state index contributed by atoms with van der Waals surface area (Å²) in [6.07, 6.45) is -3.92. The average molecular weight is 357 g/mol. The van der Waals surface area contributed by atoms with Gasteiger partial charge in [0.15, 0.2) is 0 Å². The first-order chi connectivity index (χ1) is 10.0. The van der Waals surface area contributed by atoms with Crippen molar-refractivity contribution in [2.75, 3.05) is 5.73 Å². The van der Waals surface area contributed by atoms with Gasteiger partial charge in [0.25, 0.3) is 5.91 Å². The fraction of sp³-hybridized carbons (Fsp3) is 0.500. The minimum absolute atomic E-state index is 0. The van der Waals surface area contributed by atoms with Crippen LogP contribution < -0.4 is 15.8 Å². The molecule has 1 aromatic carbocycles. The van der Waals surface area contributed by atoms with E-state index >= 15 is 0 Å². The number of alkyl halides is 4. The number of nitrogen functional groups attached to an aromatic ring is 1. The minimum atomic E-state index is -4.75. The first-order valence-electron chi connectivity index (χ1n) is 6.58. The molecule has 23 heavy (non-hydrogen) atoms. The van der Waals surface area contributed by atoms with Gasteiger partial charge in [-0.2, -0.15) is 8.78 Å². The molecule has 1 heterocycles. The Bertz CT molecular complexity index is 596. The van der Waals surface area contributed by atoms with Gasteiger partial charge in [0.2, 0.25) is 0 Å². The lowest BCUT2D eigenvalue weighted by molar-refractivity contribution is -0.170. The molecule has 0 spiro atoms. The molecule has 0 bridgehead atoms. The summed E-state index contributed by atoms with van der Waals surface area (Å²) >= 11 is 0. The van der Waals surface area contributed by atoms with Crippen LogP contribution in [0.1, 0.15) is 31.9 Å². The summed E-state index contributed by atoms with van der Waals surface area (Å²) in [4.78, 5) is 11.5. The molecule has 0 aliphatic carbocycles. The van der Waals surface area contributed by atoms with Crippen LogP contribution in [0.2, 0.25) is 0 Å². The third-order valence-corrected chi connectivity index (χ3v) is 3.37. The summed E-state index contributed by atoms with van der Waals surface area (Å²) in [6, 6.07) is 3.69. The third-order valence-electron chi connectivity index (χ3n) is 3.37. The summed E-state index contributed by atoms with van der Waals surface area (Å²) in [5, 5.41) is 1.98. The van der Waals surface area contributed by atoms with Crippen LogP contribution in [0.3, 0.4) is 0 Å². The molecule has 0 fully saturated rings. The predicted molar refractivity (Wildman–Crippen MR) is 79.3 cm³/mol. The maximum atomic E-state index is 13.1. The molecule has 1 aliphatic rings. The maximum absolute atomic E-state index is 13.1. The van der Waals surface area contributed by atoms with Crippen molar-refractivity contribution in [2.24, 2.45) is 0 Å². The number of hydrogen-bond acceptors (Lipinski definition) is 3. The van der Waals surface area contributed by atoms with Gasteiger partial charge in [-0.15, -0.1) is 12.4 Å². The van der Waals surface area contributed by atoms with Gasteiger partial charge in [0, 0.05) is 17.7 Å². The van der Waals surface area contributed by atoms with Gasteiger partial charge < -0.3 is 15.8 Å². The van der Waals surface area contributed by atoms with Gasteiger partial charge >= 0.3 is 12.3 Å². The Morgan fingerprint density at radius 2 is 2.04 bits per heavy atom. The Morgan fingerprint density at radius 3 is 2.61 bits per heavy atom. The smallest absolute Gasteiger partial charge is 0.383 e. The van der Waals surface area contributed by atoms with Gasteiger partial charge in [-0.3, -0.25) is 4.79 Å². The van der Waals surface area contributed by atoms with Crippen molar-refractivity contribution < 1.29 is 27.1 Å². The van der Waals surface area contributed by atoms with Crippen molar-refractivity contribution >= 4 is 24.0 Å². The monoisotopic (exact) mass is 356 g/mol. The highest BCUT2D eigenvalue weighted by molar-refractivity contribution is 5.85. The number of fused-ring (bicyclic) bond motifs is 1. The number of halogens is 5. The van der Waals surface area contributed by atoms with Crippen LogP contribution in [0.4, 0.5) is 23.2 Å². The highest BCUT2D eigenvalue weighted by atomic mass is 35.5. The Balaban J connectivity index is 0.00000264. The van der Waals surface area contributed by atoms with Gasteiger partial charge in [0.1, 0.15) is 11.4 Å². The number of hydrogen-bond donors (Lipinski definition) is 2. The number of nitrogens with one attached hydrogen (secondary N) is 1. The number of ether oxygens (including phenoxy) is 1. The van der Waals surface area contributed by atoms with E-state index in [4.69, 9.17) is 10.5 Å². The zero-order chi connectivity index (χ0) is 16.7. The van der Waals surface area contributed by atoms with Crippen LogP contribution in [0.25, 0.3) is 0 Å². The van der Waals surface area contributed by atoms with E-state index in [0.717, 1.165) is 0 Å². The van der Waals surface area contributed by atoms with Crippen LogP contribution in [0, 0.1) is 0 Å². The second-order valence-electron chi connectivity index (χ2n) is 5.81. The number of carbonyl (C=O) groups is 1. The van der Waals surface area contributed by atoms with E-state index < -0.39 is 29.9 Å². The van der Waals surface area contributed by atoms with Crippen LogP contribution in [0.15, 0.2) is 18.2 Å². The molecule has 0 aromatic heterocycles. The van der Waals surface area contributed by atoms with Gasteiger partial charge in [-0.05, 0) is 32.0 Å². The Labute approximate surface area is 136 Å². The van der Waals surface area contributed by atoms with Gasteiger partial charge in [0.05, 0.1) is 6.04 Å². The summed E-state index contributed by atoms with van der Waals surface area (Å²) in [7, 11) is 0. The second-order valence-corrected chi connectivity index (χ2v) is 5.81.